The van der Waals surface area contributed by atoms with E-state index in [9.17, 15) is 4.39 Å². The SMILES string of the molecule is CCCn1nncc1C(NCC)c1ccc(OC)cc1F. The maximum absolute atomic E-state index is 14.3. The Bertz CT molecular complexity index is 585. The number of hydrogen-bond donors (Lipinski definition) is 1. The lowest BCUT2D eigenvalue weighted by Gasteiger charge is -2.20. The third-order valence-electron chi connectivity index (χ3n) is 3.31. The highest BCUT2D eigenvalue weighted by Gasteiger charge is 2.21. The summed E-state index contributed by atoms with van der Waals surface area (Å²) in [6.45, 7) is 5.53. The van der Waals surface area contributed by atoms with Crippen molar-refractivity contribution in [3.63, 3.8) is 0 Å². The first-order chi connectivity index (χ1) is 10.2. The van der Waals surface area contributed by atoms with E-state index in [-0.39, 0.29) is 11.9 Å². The van der Waals surface area contributed by atoms with E-state index in [1.54, 1.807) is 18.3 Å². The van der Waals surface area contributed by atoms with E-state index in [0.717, 1.165) is 18.7 Å². The van der Waals surface area contributed by atoms with Gasteiger partial charge in [-0.1, -0.05) is 25.1 Å². The van der Waals surface area contributed by atoms with E-state index in [0.29, 0.717) is 17.9 Å². The Labute approximate surface area is 124 Å². The first-order valence-corrected chi connectivity index (χ1v) is 7.16. The van der Waals surface area contributed by atoms with Crippen molar-refractivity contribution in [1.82, 2.24) is 20.3 Å². The number of hydrogen-bond acceptors (Lipinski definition) is 4. The highest BCUT2D eigenvalue weighted by atomic mass is 19.1. The smallest absolute Gasteiger partial charge is 0.132 e. The fraction of sp³-hybridized carbons (Fsp3) is 0.467. The van der Waals surface area contributed by atoms with Gasteiger partial charge in [0.2, 0.25) is 0 Å². The molecule has 6 heteroatoms. The van der Waals surface area contributed by atoms with Gasteiger partial charge in [-0.2, -0.15) is 0 Å². The summed E-state index contributed by atoms with van der Waals surface area (Å²) in [4.78, 5) is 0. The average Bonchev–Trinajstić information content (AvgIpc) is 2.93. The van der Waals surface area contributed by atoms with E-state index < -0.39 is 0 Å². The number of benzene rings is 1. The second-order valence-corrected chi connectivity index (χ2v) is 4.76. The monoisotopic (exact) mass is 292 g/mol. The Hall–Kier alpha value is -1.95. The summed E-state index contributed by atoms with van der Waals surface area (Å²) in [7, 11) is 1.52. The molecule has 5 nitrogen and oxygen atoms in total. The number of methoxy groups -OCH3 is 1. The van der Waals surface area contributed by atoms with Crippen LogP contribution in [0.5, 0.6) is 5.75 Å². The molecule has 1 heterocycles. The van der Waals surface area contributed by atoms with Crippen LogP contribution in [-0.2, 0) is 6.54 Å². The van der Waals surface area contributed by atoms with Crippen LogP contribution in [-0.4, -0.2) is 28.6 Å². The number of ether oxygens (including phenoxy) is 1. The van der Waals surface area contributed by atoms with Crippen molar-refractivity contribution in [2.75, 3.05) is 13.7 Å². The lowest BCUT2D eigenvalue weighted by atomic mass is 10.0. The zero-order valence-corrected chi connectivity index (χ0v) is 12.6. The summed E-state index contributed by atoms with van der Waals surface area (Å²) in [5.74, 6) is 0.205. The van der Waals surface area contributed by atoms with Crippen LogP contribution < -0.4 is 10.1 Å². The van der Waals surface area contributed by atoms with Gasteiger partial charge in [-0.15, -0.1) is 5.10 Å². The maximum Gasteiger partial charge on any atom is 0.132 e. The van der Waals surface area contributed by atoms with Crippen LogP contribution in [0.3, 0.4) is 0 Å². The van der Waals surface area contributed by atoms with Crippen molar-refractivity contribution in [2.24, 2.45) is 0 Å². The van der Waals surface area contributed by atoms with Crippen LogP contribution >= 0.6 is 0 Å². The van der Waals surface area contributed by atoms with Gasteiger partial charge in [-0.25, -0.2) is 9.07 Å². The first-order valence-electron chi connectivity index (χ1n) is 7.16. The lowest BCUT2D eigenvalue weighted by Crippen LogP contribution is -2.25. The Balaban J connectivity index is 2.40. The third-order valence-corrected chi connectivity index (χ3v) is 3.31. The zero-order chi connectivity index (χ0) is 15.2. The number of rotatable bonds is 7. The summed E-state index contributed by atoms with van der Waals surface area (Å²) < 4.78 is 21.2. The van der Waals surface area contributed by atoms with Crippen LogP contribution in [0.2, 0.25) is 0 Å². The van der Waals surface area contributed by atoms with E-state index in [1.165, 1.54) is 13.2 Å². The van der Waals surface area contributed by atoms with Gasteiger partial charge in [-0.3, -0.25) is 0 Å². The topological polar surface area (TPSA) is 52.0 Å². The summed E-state index contributed by atoms with van der Waals surface area (Å²) in [6.07, 6.45) is 2.63. The lowest BCUT2D eigenvalue weighted by molar-refractivity contribution is 0.409. The molecule has 0 saturated heterocycles. The molecule has 0 aliphatic rings. The highest BCUT2D eigenvalue weighted by molar-refractivity contribution is 5.34. The molecular formula is C15H21FN4O. The predicted molar refractivity (Wildman–Crippen MR) is 78.8 cm³/mol. The average molecular weight is 292 g/mol. The molecule has 0 aliphatic carbocycles. The maximum atomic E-state index is 14.3. The summed E-state index contributed by atoms with van der Waals surface area (Å²) in [5, 5.41) is 11.3. The molecule has 1 aromatic heterocycles. The minimum atomic E-state index is -0.301. The number of aryl methyl sites for hydroxylation is 1. The number of nitrogens with one attached hydrogen (secondary N) is 1. The minimum absolute atomic E-state index is 0.276. The largest absolute Gasteiger partial charge is 0.497 e. The van der Waals surface area contributed by atoms with Crippen LogP contribution in [0.1, 0.15) is 37.6 Å². The third kappa shape index (κ3) is 3.39. The molecule has 0 bridgehead atoms. The Morgan fingerprint density at radius 3 is 2.81 bits per heavy atom. The van der Waals surface area contributed by atoms with E-state index in [4.69, 9.17) is 4.74 Å². The fourth-order valence-electron chi connectivity index (χ4n) is 2.32. The molecule has 2 rings (SSSR count). The molecule has 1 atom stereocenters. The van der Waals surface area contributed by atoms with Gasteiger partial charge in [0, 0.05) is 18.2 Å². The molecule has 0 amide bonds. The second kappa shape index (κ2) is 7.17. The molecule has 21 heavy (non-hydrogen) atoms. The molecule has 0 radical (unpaired) electrons. The van der Waals surface area contributed by atoms with Crippen LogP contribution in [0.4, 0.5) is 4.39 Å². The predicted octanol–water partition coefficient (Wildman–Crippen LogP) is 2.53. The first kappa shape index (κ1) is 15.4. The molecule has 1 unspecified atom stereocenters. The molecule has 0 saturated carbocycles. The van der Waals surface area contributed by atoms with Gasteiger partial charge in [0.15, 0.2) is 0 Å². The van der Waals surface area contributed by atoms with Crippen molar-refractivity contribution in [3.05, 3.63) is 41.5 Å². The van der Waals surface area contributed by atoms with Crippen LogP contribution in [0.15, 0.2) is 24.4 Å². The summed E-state index contributed by atoms with van der Waals surface area (Å²) in [6, 6.07) is 4.62. The highest BCUT2D eigenvalue weighted by Crippen LogP contribution is 2.26. The number of halogens is 1. The fourth-order valence-corrected chi connectivity index (χ4v) is 2.32. The normalized spacial score (nSPS) is 12.4. The summed E-state index contributed by atoms with van der Waals surface area (Å²) in [5.41, 5.74) is 1.43. The van der Waals surface area contributed by atoms with Crippen molar-refractivity contribution >= 4 is 0 Å². The molecule has 0 aliphatic heterocycles. The van der Waals surface area contributed by atoms with Gasteiger partial charge in [0.05, 0.1) is 25.0 Å². The molecule has 0 spiro atoms. The Kier molecular flexibility index (Phi) is 5.27. The van der Waals surface area contributed by atoms with Crippen molar-refractivity contribution < 1.29 is 9.13 Å². The second-order valence-electron chi connectivity index (χ2n) is 4.76. The van der Waals surface area contributed by atoms with Crippen molar-refractivity contribution in [1.29, 1.82) is 0 Å². The standard InChI is InChI=1S/C15H21FN4O/c1-4-8-20-14(10-18-19-20)15(17-5-2)12-7-6-11(21-3)9-13(12)16/h6-7,9-10,15,17H,4-5,8H2,1-3H3. The molecule has 2 aromatic rings. The molecular weight excluding hydrogens is 271 g/mol. The minimum Gasteiger partial charge on any atom is -0.497 e. The van der Waals surface area contributed by atoms with E-state index >= 15 is 0 Å². The van der Waals surface area contributed by atoms with E-state index in [2.05, 4.69) is 22.6 Å². The molecule has 114 valence electrons. The number of nitrogens with zero attached hydrogens (tertiary/aromatic N) is 3. The zero-order valence-electron chi connectivity index (χ0n) is 12.6. The van der Waals surface area contributed by atoms with Gasteiger partial charge in [0.25, 0.3) is 0 Å². The van der Waals surface area contributed by atoms with Crippen molar-refractivity contribution in [2.45, 2.75) is 32.9 Å². The van der Waals surface area contributed by atoms with Gasteiger partial charge >= 0.3 is 0 Å². The summed E-state index contributed by atoms with van der Waals surface area (Å²) >= 11 is 0. The molecule has 1 N–H and O–H groups in total. The van der Waals surface area contributed by atoms with Gasteiger partial charge < -0.3 is 10.1 Å². The van der Waals surface area contributed by atoms with Crippen LogP contribution in [0, 0.1) is 5.82 Å². The van der Waals surface area contributed by atoms with Crippen LogP contribution in [0.25, 0.3) is 0 Å². The molecule has 1 aromatic carbocycles. The number of aromatic nitrogens is 3. The Morgan fingerprint density at radius 1 is 1.38 bits per heavy atom. The quantitative estimate of drug-likeness (QED) is 0.852. The van der Waals surface area contributed by atoms with Gasteiger partial charge in [-0.05, 0) is 19.0 Å². The van der Waals surface area contributed by atoms with E-state index in [1.807, 2.05) is 11.6 Å². The Morgan fingerprint density at radius 2 is 2.19 bits per heavy atom. The van der Waals surface area contributed by atoms with Crippen molar-refractivity contribution in [3.8, 4) is 5.75 Å². The molecule has 0 fully saturated rings. The van der Waals surface area contributed by atoms with Gasteiger partial charge in [0.1, 0.15) is 11.6 Å².